The van der Waals surface area contributed by atoms with Crippen molar-refractivity contribution in [3.8, 4) is 12.3 Å². The number of unbranched alkanes of at least 4 members (excludes halogenated alkanes) is 1. The average molecular weight is 210 g/mol. The van der Waals surface area contributed by atoms with Crippen LogP contribution in [0, 0.1) is 12.3 Å². The lowest BCUT2D eigenvalue weighted by Gasteiger charge is -2.14. The van der Waals surface area contributed by atoms with Gasteiger partial charge in [-0.1, -0.05) is 13.3 Å². The van der Waals surface area contributed by atoms with Crippen LogP contribution in [0.15, 0.2) is 0 Å². The maximum atomic E-state index is 11.5. The molecular formula is C11H18N2O2. The highest BCUT2D eigenvalue weighted by molar-refractivity contribution is 5.87. The Balaban J connectivity index is 4.05. The van der Waals surface area contributed by atoms with Gasteiger partial charge in [0.2, 0.25) is 11.8 Å². The lowest BCUT2D eigenvalue weighted by molar-refractivity contribution is -0.127. The van der Waals surface area contributed by atoms with Gasteiger partial charge in [0, 0.05) is 19.9 Å². The third-order valence-corrected chi connectivity index (χ3v) is 1.85. The Bertz CT molecular complexity index is 256. The van der Waals surface area contributed by atoms with Crippen LogP contribution in [0.5, 0.6) is 0 Å². The van der Waals surface area contributed by atoms with Gasteiger partial charge in [-0.3, -0.25) is 9.59 Å². The highest BCUT2D eigenvalue weighted by atomic mass is 16.2. The van der Waals surface area contributed by atoms with Crippen molar-refractivity contribution in [2.24, 2.45) is 0 Å². The van der Waals surface area contributed by atoms with Gasteiger partial charge in [0.05, 0.1) is 0 Å². The first kappa shape index (κ1) is 13.5. The van der Waals surface area contributed by atoms with E-state index in [1.165, 1.54) is 6.92 Å². The molecule has 0 heterocycles. The minimum atomic E-state index is -0.607. The Morgan fingerprint density at radius 3 is 2.60 bits per heavy atom. The molecule has 0 saturated carbocycles. The van der Waals surface area contributed by atoms with Gasteiger partial charge in [-0.2, -0.15) is 0 Å². The molecule has 0 fully saturated rings. The molecule has 4 nitrogen and oxygen atoms in total. The summed E-state index contributed by atoms with van der Waals surface area (Å²) in [6, 6.07) is -0.607. The molecule has 0 aromatic rings. The van der Waals surface area contributed by atoms with Crippen LogP contribution < -0.4 is 10.6 Å². The molecule has 4 heteroatoms. The van der Waals surface area contributed by atoms with Gasteiger partial charge in [0.1, 0.15) is 6.04 Å². The third kappa shape index (κ3) is 6.55. The predicted octanol–water partition coefficient (Wildman–Crippen LogP) is 0.431. The van der Waals surface area contributed by atoms with Gasteiger partial charge < -0.3 is 10.6 Å². The van der Waals surface area contributed by atoms with Crippen molar-refractivity contribution in [1.29, 1.82) is 0 Å². The minimum Gasteiger partial charge on any atom is -0.354 e. The molecule has 0 radical (unpaired) electrons. The van der Waals surface area contributed by atoms with E-state index in [9.17, 15) is 9.59 Å². The molecule has 15 heavy (non-hydrogen) atoms. The van der Waals surface area contributed by atoms with E-state index >= 15 is 0 Å². The summed E-state index contributed by atoms with van der Waals surface area (Å²) < 4.78 is 0. The highest BCUT2D eigenvalue weighted by Gasteiger charge is 2.17. The van der Waals surface area contributed by atoms with Gasteiger partial charge >= 0.3 is 0 Å². The fraction of sp³-hybridized carbons (Fsp3) is 0.636. The topological polar surface area (TPSA) is 58.2 Å². The molecule has 84 valence electrons. The molecule has 0 bridgehead atoms. The molecule has 0 aromatic carbocycles. The van der Waals surface area contributed by atoms with Crippen molar-refractivity contribution in [3.63, 3.8) is 0 Å². The first-order chi connectivity index (χ1) is 7.11. The summed E-state index contributed by atoms with van der Waals surface area (Å²) in [5.74, 6) is 1.91. The van der Waals surface area contributed by atoms with E-state index in [1.54, 1.807) is 0 Å². The lowest BCUT2D eigenvalue weighted by Crippen LogP contribution is -2.46. The molecule has 0 saturated heterocycles. The zero-order valence-corrected chi connectivity index (χ0v) is 9.30. The maximum absolute atomic E-state index is 11.5. The number of nitrogens with one attached hydrogen (secondary N) is 2. The summed E-state index contributed by atoms with van der Waals surface area (Å²) in [6.45, 7) is 4.03. The van der Waals surface area contributed by atoms with Crippen LogP contribution in [0.4, 0.5) is 0 Å². The second-order valence-electron chi connectivity index (χ2n) is 3.31. The van der Waals surface area contributed by atoms with Crippen LogP contribution in [-0.4, -0.2) is 24.4 Å². The summed E-state index contributed by atoms with van der Waals surface area (Å²) in [6.07, 6.45) is 7.28. The molecule has 1 unspecified atom stereocenters. The molecule has 1 atom stereocenters. The quantitative estimate of drug-likeness (QED) is 0.493. The van der Waals surface area contributed by atoms with Crippen LogP contribution in [-0.2, 0) is 9.59 Å². The first-order valence-electron chi connectivity index (χ1n) is 5.10. The number of amides is 2. The van der Waals surface area contributed by atoms with Crippen LogP contribution in [0.2, 0.25) is 0 Å². The van der Waals surface area contributed by atoms with Gasteiger partial charge in [0.25, 0.3) is 0 Å². The number of hydrogen-bond acceptors (Lipinski definition) is 2. The summed E-state index contributed by atoms with van der Waals surface area (Å²) in [5.41, 5.74) is 0. The summed E-state index contributed by atoms with van der Waals surface area (Å²) in [7, 11) is 0. The van der Waals surface area contributed by atoms with E-state index in [-0.39, 0.29) is 18.2 Å². The van der Waals surface area contributed by atoms with Gasteiger partial charge in [-0.25, -0.2) is 0 Å². The molecule has 0 spiro atoms. The molecule has 0 aliphatic rings. The van der Waals surface area contributed by atoms with E-state index in [4.69, 9.17) is 6.42 Å². The maximum Gasteiger partial charge on any atom is 0.243 e. The minimum absolute atomic E-state index is 0.211. The average Bonchev–Trinajstić information content (AvgIpc) is 2.17. The van der Waals surface area contributed by atoms with Crippen molar-refractivity contribution < 1.29 is 9.59 Å². The fourth-order valence-corrected chi connectivity index (χ4v) is 1.08. The molecule has 2 N–H and O–H groups in total. The number of rotatable bonds is 6. The van der Waals surface area contributed by atoms with E-state index in [0.717, 1.165) is 12.8 Å². The zero-order chi connectivity index (χ0) is 11.7. The number of terminal acetylenes is 1. The monoisotopic (exact) mass is 210 g/mol. The lowest BCUT2D eigenvalue weighted by atomic mass is 10.2. The van der Waals surface area contributed by atoms with Gasteiger partial charge in [0.15, 0.2) is 0 Å². The molecule has 0 aliphatic heterocycles. The Hall–Kier alpha value is -1.50. The summed E-state index contributed by atoms with van der Waals surface area (Å²) in [4.78, 5) is 22.3. The summed E-state index contributed by atoms with van der Waals surface area (Å²) in [5, 5.41) is 5.24. The SMILES string of the molecule is C#CCC(NC(C)=O)C(=O)NCCCC. The van der Waals surface area contributed by atoms with Gasteiger partial charge in [-0.05, 0) is 6.42 Å². The summed E-state index contributed by atoms with van der Waals surface area (Å²) >= 11 is 0. The Kier molecular flexibility index (Phi) is 7.08. The number of carbonyl (C=O) groups is 2. The van der Waals surface area contributed by atoms with Crippen LogP contribution in [0.1, 0.15) is 33.1 Å². The van der Waals surface area contributed by atoms with E-state index in [0.29, 0.717) is 6.54 Å². The molecule has 0 aromatic heterocycles. The highest BCUT2D eigenvalue weighted by Crippen LogP contribution is 1.92. The number of hydrogen-bond donors (Lipinski definition) is 2. The van der Waals surface area contributed by atoms with Crippen molar-refractivity contribution in [2.45, 2.75) is 39.2 Å². The van der Waals surface area contributed by atoms with Crippen molar-refractivity contribution in [3.05, 3.63) is 0 Å². The number of carbonyl (C=O) groups excluding carboxylic acids is 2. The second-order valence-corrected chi connectivity index (χ2v) is 3.31. The van der Waals surface area contributed by atoms with Gasteiger partial charge in [-0.15, -0.1) is 12.3 Å². The standard InChI is InChI=1S/C11H18N2O2/c1-4-6-8-12-11(15)10(7-5-2)13-9(3)14/h2,10H,4,6-8H2,1,3H3,(H,12,15)(H,13,14). The molecular weight excluding hydrogens is 192 g/mol. The largest absolute Gasteiger partial charge is 0.354 e. The predicted molar refractivity (Wildman–Crippen MR) is 59.0 cm³/mol. The smallest absolute Gasteiger partial charge is 0.243 e. The molecule has 0 aliphatic carbocycles. The molecule has 2 amide bonds. The third-order valence-electron chi connectivity index (χ3n) is 1.85. The van der Waals surface area contributed by atoms with Crippen molar-refractivity contribution >= 4 is 11.8 Å². The Morgan fingerprint density at radius 1 is 1.47 bits per heavy atom. The van der Waals surface area contributed by atoms with E-state index < -0.39 is 6.04 Å². The van der Waals surface area contributed by atoms with Crippen LogP contribution >= 0.6 is 0 Å². The molecule has 0 rings (SSSR count). The first-order valence-corrected chi connectivity index (χ1v) is 5.10. The van der Waals surface area contributed by atoms with E-state index in [1.807, 2.05) is 6.92 Å². The fourth-order valence-electron chi connectivity index (χ4n) is 1.08. The second kappa shape index (κ2) is 7.86. The van der Waals surface area contributed by atoms with Crippen LogP contribution in [0.3, 0.4) is 0 Å². The van der Waals surface area contributed by atoms with Crippen molar-refractivity contribution in [2.75, 3.05) is 6.54 Å². The van der Waals surface area contributed by atoms with Crippen molar-refractivity contribution in [1.82, 2.24) is 10.6 Å². The van der Waals surface area contributed by atoms with Crippen LogP contribution in [0.25, 0.3) is 0 Å². The normalized spacial score (nSPS) is 11.3. The zero-order valence-electron chi connectivity index (χ0n) is 9.30. The Labute approximate surface area is 90.8 Å². The Morgan fingerprint density at radius 2 is 2.13 bits per heavy atom. The van der Waals surface area contributed by atoms with E-state index in [2.05, 4.69) is 16.6 Å².